The molecule has 2 heterocycles. The lowest BCUT2D eigenvalue weighted by Gasteiger charge is -2.42. The van der Waals surface area contributed by atoms with Crippen molar-refractivity contribution in [2.45, 2.75) is 24.8 Å². The number of nitrogens with one attached hydrogen (secondary N) is 2. The highest BCUT2D eigenvalue weighted by Gasteiger charge is 2.40. The van der Waals surface area contributed by atoms with Crippen molar-refractivity contribution in [1.29, 1.82) is 0 Å². The number of benzene rings is 1. The number of sulfonamides is 1. The maximum atomic E-state index is 11.5. The first-order valence-electron chi connectivity index (χ1n) is 9.59. The number of rotatable bonds is 7. The van der Waals surface area contributed by atoms with Crippen molar-refractivity contribution in [3.63, 3.8) is 0 Å². The molecular weight excluding hydrogens is 402 g/mol. The number of pyridine rings is 1. The maximum Gasteiger partial charge on any atom is 0.229 e. The number of hydrogen-bond acceptors (Lipinski definition) is 7. The molecule has 1 aromatic carbocycles. The van der Waals surface area contributed by atoms with Gasteiger partial charge in [0, 0.05) is 17.3 Å². The lowest BCUT2D eigenvalue weighted by Crippen LogP contribution is -2.43. The van der Waals surface area contributed by atoms with Crippen LogP contribution in [-0.2, 0) is 15.6 Å². The van der Waals surface area contributed by atoms with Gasteiger partial charge in [-0.25, -0.2) is 13.4 Å². The molecule has 1 aliphatic rings. The van der Waals surface area contributed by atoms with E-state index in [1.807, 2.05) is 36.4 Å². The molecule has 0 aliphatic heterocycles. The number of nitrogens with zero attached hydrogens (tertiary/aromatic N) is 3. The molecular formula is C21H23N5O3S. The molecule has 1 fully saturated rings. The van der Waals surface area contributed by atoms with Gasteiger partial charge < -0.3 is 10.1 Å². The summed E-state index contributed by atoms with van der Waals surface area (Å²) in [7, 11) is -1.73. The zero-order valence-electron chi connectivity index (χ0n) is 16.8. The minimum atomic E-state index is -3.34. The summed E-state index contributed by atoms with van der Waals surface area (Å²) in [6.07, 6.45) is 4.14. The zero-order valence-corrected chi connectivity index (χ0v) is 17.6. The summed E-state index contributed by atoms with van der Waals surface area (Å²) < 4.78 is 30.6. The highest BCUT2D eigenvalue weighted by Crippen LogP contribution is 2.43. The average molecular weight is 426 g/mol. The van der Waals surface area contributed by atoms with Gasteiger partial charge in [0.15, 0.2) is 0 Å². The van der Waals surface area contributed by atoms with Crippen LogP contribution < -0.4 is 14.8 Å². The highest BCUT2D eigenvalue weighted by molar-refractivity contribution is 7.92. The Labute approximate surface area is 175 Å². The van der Waals surface area contributed by atoms with Crippen LogP contribution in [0.3, 0.4) is 0 Å². The summed E-state index contributed by atoms with van der Waals surface area (Å²) in [6.45, 7) is 0. The number of anilines is 2. The second-order valence-electron chi connectivity index (χ2n) is 7.38. The monoisotopic (exact) mass is 425 g/mol. The maximum absolute atomic E-state index is 11.5. The van der Waals surface area contributed by atoms with E-state index in [-0.39, 0.29) is 5.54 Å². The molecule has 3 aromatic rings. The Hall–Kier alpha value is -3.20. The molecule has 9 heteroatoms. The van der Waals surface area contributed by atoms with E-state index in [1.54, 1.807) is 25.3 Å². The minimum Gasteiger partial charge on any atom is -0.481 e. The molecule has 0 atom stereocenters. The minimum absolute atomic E-state index is 0.274. The van der Waals surface area contributed by atoms with E-state index in [9.17, 15) is 8.42 Å². The predicted molar refractivity (Wildman–Crippen MR) is 116 cm³/mol. The van der Waals surface area contributed by atoms with Gasteiger partial charge in [0.05, 0.1) is 30.3 Å². The van der Waals surface area contributed by atoms with Gasteiger partial charge in [0.2, 0.25) is 15.9 Å². The Morgan fingerprint density at radius 2 is 1.83 bits per heavy atom. The van der Waals surface area contributed by atoms with Gasteiger partial charge in [0.1, 0.15) is 5.82 Å². The van der Waals surface area contributed by atoms with Gasteiger partial charge in [-0.2, -0.15) is 0 Å². The molecule has 0 spiro atoms. The Morgan fingerprint density at radius 1 is 1.03 bits per heavy atom. The Kier molecular flexibility index (Phi) is 5.29. The summed E-state index contributed by atoms with van der Waals surface area (Å²) in [5.41, 5.74) is 2.56. The van der Waals surface area contributed by atoms with E-state index in [1.165, 1.54) is 0 Å². The van der Waals surface area contributed by atoms with Crippen molar-refractivity contribution in [1.82, 2.24) is 15.2 Å². The first-order valence-corrected chi connectivity index (χ1v) is 11.5. The molecule has 8 nitrogen and oxygen atoms in total. The SMILES string of the molecule is COc1cccc(C2(Nc3ccc(-c4cccc(NS(C)(=O)=O)c4)nn3)CCC2)n1. The summed E-state index contributed by atoms with van der Waals surface area (Å²) in [5.74, 6) is 1.25. The third kappa shape index (κ3) is 4.35. The van der Waals surface area contributed by atoms with Crippen molar-refractivity contribution in [2.24, 2.45) is 0 Å². The smallest absolute Gasteiger partial charge is 0.229 e. The first-order chi connectivity index (χ1) is 14.4. The third-order valence-electron chi connectivity index (χ3n) is 5.12. The molecule has 4 rings (SSSR count). The van der Waals surface area contributed by atoms with Crippen molar-refractivity contribution in [3.8, 4) is 17.1 Å². The number of hydrogen-bond donors (Lipinski definition) is 2. The third-order valence-corrected chi connectivity index (χ3v) is 5.73. The van der Waals surface area contributed by atoms with Gasteiger partial charge in [-0.15, -0.1) is 10.2 Å². The van der Waals surface area contributed by atoms with Crippen LogP contribution in [0.25, 0.3) is 11.3 Å². The fourth-order valence-electron chi connectivity index (χ4n) is 3.52. The van der Waals surface area contributed by atoms with Crippen LogP contribution in [0.2, 0.25) is 0 Å². The van der Waals surface area contributed by atoms with E-state index < -0.39 is 10.0 Å². The standard InChI is InChI=1S/C21H23N5O3S/c1-29-20-9-4-8-18(22-20)21(12-5-13-21)23-19-11-10-17(24-25-19)15-6-3-7-16(14-15)26-30(2,27)28/h3-4,6-11,14,26H,5,12-13H2,1-2H3,(H,23,25). The number of aromatic nitrogens is 3. The zero-order chi connectivity index (χ0) is 21.2. The molecule has 0 saturated heterocycles. The topological polar surface area (TPSA) is 106 Å². The Morgan fingerprint density at radius 3 is 2.47 bits per heavy atom. The van der Waals surface area contributed by atoms with Crippen LogP contribution in [0.5, 0.6) is 5.88 Å². The quantitative estimate of drug-likeness (QED) is 0.597. The van der Waals surface area contributed by atoms with Crippen molar-refractivity contribution in [3.05, 3.63) is 60.3 Å². The second-order valence-corrected chi connectivity index (χ2v) is 9.13. The molecule has 156 valence electrons. The molecule has 0 radical (unpaired) electrons. The van der Waals surface area contributed by atoms with E-state index in [0.29, 0.717) is 23.1 Å². The average Bonchev–Trinajstić information content (AvgIpc) is 2.70. The lowest BCUT2D eigenvalue weighted by molar-refractivity contribution is 0.272. The summed E-state index contributed by atoms with van der Waals surface area (Å²) in [6, 6.07) is 16.6. The van der Waals surface area contributed by atoms with Crippen LogP contribution >= 0.6 is 0 Å². The fourth-order valence-corrected chi connectivity index (χ4v) is 4.08. The van der Waals surface area contributed by atoms with Crippen molar-refractivity contribution in [2.75, 3.05) is 23.4 Å². The van der Waals surface area contributed by atoms with Crippen LogP contribution in [0.1, 0.15) is 25.0 Å². The molecule has 1 saturated carbocycles. The van der Waals surface area contributed by atoms with Crippen LogP contribution in [0, 0.1) is 0 Å². The van der Waals surface area contributed by atoms with Crippen LogP contribution in [0.4, 0.5) is 11.5 Å². The number of methoxy groups -OCH3 is 1. The van der Waals surface area contributed by atoms with Crippen LogP contribution in [-0.4, -0.2) is 37.0 Å². The molecule has 1 aliphatic carbocycles. The molecule has 0 amide bonds. The van der Waals surface area contributed by atoms with E-state index in [0.717, 1.165) is 36.8 Å². The van der Waals surface area contributed by atoms with Crippen molar-refractivity contribution < 1.29 is 13.2 Å². The Balaban J connectivity index is 1.54. The van der Waals surface area contributed by atoms with Gasteiger partial charge in [-0.05, 0) is 49.6 Å². The van der Waals surface area contributed by atoms with Crippen molar-refractivity contribution >= 4 is 21.5 Å². The highest BCUT2D eigenvalue weighted by atomic mass is 32.2. The van der Waals surface area contributed by atoms with Gasteiger partial charge in [0.25, 0.3) is 0 Å². The van der Waals surface area contributed by atoms with Crippen LogP contribution in [0.15, 0.2) is 54.6 Å². The predicted octanol–water partition coefficient (Wildman–Crippen LogP) is 3.41. The molecule has 0 unspecified atom stereocenters. The largest absolute Gasteiger partial charge is 0.481 e. The van der Waals surface area contributed by atoms with E-state index >= 15 is 0 Å². The Bertz CT molecular complexity index is 1150. The van der Waals surface area contributed by atoms with Gasteiger partial charge in [-0.1, -0.05) is 18.2 Å². The van der Waals surface area contributed by atoms with Gasteiger partial charge in [-0.3, -0.25) is 4.72 Å². The number of ether oxygens (including phenoxy) is 1. The fraction of sp³-hybridized carbons (Fsp3) is 0.286. The second kappa shape index (κ2) is 7.91. The summed E-state index contributed by atoms with van der Waals surface area (Å²) >= 11 is 0. The lowest BCUT2D eigenvalue weighted by atomic mass is 9.74. The normalized spacial score (nSPS) is 15.1. The molecule has 2 aromatic heterocycles. The summed E-state index contributed by atoms with van der Waals surface area (Å²) in [5, 5.41) is 12.2. The van der Waals surface area contributed by atoms with Gasteiger partial charge >= 0.3 is 0 Å². The molecule has 0 bridgehead atoms. The molecule has 2 N–H and O–H groups in total. The first kappa shape index (κ1) is 20.1. The molecule has 30 heavy (non-hydrogen) atoms. The van der Waals surface area contributed by atoms with E-state index in [2.05, 4.69) is 25.2 Å². The summed E-state index contributed by atoms with van der Waals surface area (Å²) in [4.78, 5) is 4.60. The van der Waals surface area contributed by atoms with E-state index in [4.69, 9.17) is 4.74 Å².